The van der Waals surface area contributed by atoms with E-state index in [9.17, 15) is 84.2 Å². The number of unbranched alkanes of at least 4 members (excludes halogenated alkanes) is 1. The number of halogens is 17. The fourth-order valence-electron chi connectivity index (χ4n) is 5.75. The number of ether oxygens (including phenoxy) is 1. The van der Waals surface area contributed by atoms with Crippen LogP contribution in [-0.2, 0) is 9.53 Å². The average Bonchev–Trinajstić information content (AvgIpc) is 2.93. The minimum atomic E-state index is -8.69. The summed E-state index contributed by atoms with van der Waals surface area (Å²) in [6.07, 6.45) is -8.16. The Balaban J connectivity index is 3.05. The minimum Gasteiger partial charge on any atom is -0.366 e. The van der Waals surface area contributed by atoms with Crippen molar-refractivity contribution in [3.63, 3.8) is 0 Å². The van der Waals surface area contributed by atoms with Gasteiger partial charge in [-0.05, 0) is 50.4 Å². The van der Waals surface area contributed by atoms with Gasteiger partial charge in [-0.25, -0.2) is 0 Å². The molecule has 5 nitrogen and oxygen atoms in total. The van der Waals surface area contributed by atoms with Gasteiger partial charge < -0.3 is 15.4 Å². The molecule has 0 saturated heterocycles. The zero-order valence-corrected chi connectivity index (χ0v) is 29.3. The Bertz CT molecular complexity index is 1260. The van der Waals surface area contributed by atoms with Gasteiger partial charge >= 0.3 is 47.6 Å². The van der Waals surface area contributed by atoms with E-state index >= 15 is 0 Å². The molecule has 308 valence electrons. The van der Waals surface area contributed by atoms with Crippen molar-refractivity contribution < 1.29 is 89.0 Å². The fourth-order valence-corrected chi connectivity index (χ4v) is 6.54. The predicted octanol–water partition coefficient (Wildman–Crippen LogP) is 10.1. The fraction of sp³-hybridized carbons (Fsp3) is 0.931. The summed E-state index contributed by atoms with van der Waals surface area (Å²) in [6.45, 7) is 10.7. The van der Waals surface area contributed by atoms with Crippen molar-refractivity contribution in [2.75, 3.05) is 18.9 Å². The largest absolute Gasteiger partial charge is 0.460 e. The summed E-state index contributed by atoms with van der Waals surface area (Å²) in [4.78, 5) is 25.3. The van der Waals surface area contributed by atoms with Crippen LogP contribution in [0.25, 0.3) is 0 Å². The van der Waals surface area contributed by atoms with Crippen molar-refractivity contribution in [3.05, 3.63) is 0 Å². The molecule has 1 fully saturated rings. The molecule has 0 aromatic carbocycles. The second-order valence-corrected chi connectivity index (χ2v) is 15.4. The van der Waals surface area contributed by atoms with Crippen molar-refractivity contribution in [2.24, 2.45) is 10.8 Å². The monoisotopic (exact) mass is 818 g/mol. The second-order valence-electron chi connectivity index (χ2n) is 14.3. The van der Waals surface area contributed by atoms with E-state index in [1.165, 1.54) is 0 Å². The molecule has 2 amide bonds. The predicted molar refractivity (Wildman–Crippen MR) is 154 cm³/mol. The second kappa shape index (κ2) is 15.3. The Morgan fingerprint density at radius 2 is 1.19 bits per heavy atom. The van der Waals surface area contributed by atoms with Crippen LogP contribution in [0.15, 0.2) is 0 Å². The van der Waals surface area contributed by atoms with Crippen molar-refractivity contribution in [3.8, 4) is 0 Å². The van der Waals surface area contributed by atoms with Gasteiger partial charge in [0.2, 0.25) is 0 Å². The van der Waals surface area contributed by atoms with Gasteiger partial charge in [0, 0.05) is 31.4 Å². The van der Waals surface area contributed by atoms with Gasteiger partial charge in [-0.3, -0.25) is 9.59 Å². The lowest BCUT2D eigenvalue weighted by atomic mass is 9.62. The standard InChI is InChI=1S/C29H39F17N2O3S/c1-7-8-10-51-20(4,5)17(49)47-15-21(6)13-16(12-19(2,3)14-21)48-18(50)52-11-9-22(30,31)23(32,33)24(34,35)25(36,37)26(38,39)27(40,41)28(42,43)29(44,45)46/h16H,7-15H2,1-6H3,(H,47,49)(H,48,50). The van der Waals surface area contributed by atoms with Gasteiger partial charge in [0.05, 0.1) is 0 Å². The third-order valence-corrected chi connectivity index (χ3v) is 9.17. The topological polar surface area (TPSA) is 67.4 Å². The number of thioether (sulfide) groups is 1. The molecule has 2 atom stereocenters. The van der Waals surface area contributed by atoms with Crippen LogP contribution >= 0.6 is 11.8 Å². The first-order chi connectivity index (χ1) is 22.8. The molecule has 0 aliphatic heterocycles. The Hall–Kier alpha value is -1.94. The molecule has 0 heterocycles. The zero-order valence-electron chi connectivity index (χ0n) is 28.5. The number of hydrogen-bond donors (Lipinski definition) is 2. The normalized spacial score (nSPS) is 21.6. The lowest BCUT2D eigenvalue weighted by Crippen LogP contribution is -2.74. The molecule has 0 radical (unpaired) electrons. The maximum absolute atomic E-state index is 14.3. The summed E-state index contributed by atoms with van der Waals surface area (Å²) >= 11 is -0.296. The molecule has 0 bridgehead atoms. The van der Waals surface area contributed by atoms with Crippen LogP contribution in [0.4, 0.5) is 79.4 Å². The van der Waals surface area contributed by atoms with E-state index in [4.69, 9.17) is 4.74 Å². The van der Waals surface area contributed by atoms with Crippen LogP contribution in [0, 0.1) is 10.8 Å². The SMILES string of the molecule is CCCCOC(C)(C)C(=O)NCC1(C)CC(NC(=O)SCCC(F)(F)C(F)(F)C(F)(F)C(F)(F)C(F)(F)C(F)(F)C(F)(F)C(F)(F)F)CC(C)(C)C1. The molecule has 1 aliphatic carbocycles. The first-order valence-corrected chi connectivity index (χ1v) is 16.4. The Morgan fingerprint density at radius 1 is 0.731 bits per heavy atom. The summed E-state index contributed by atoms with van der Waals surface area (Å²) in [5, 5.41) is 3.88. The lowest BCUT2D eigenvalue weighted by Gasteiger charge is -2.47. The Labute approximate surface area is 291 Å². The Kier molecular flexibility index (Phi) is 14.1. The minimum absolute atomic E-state index is 0.0638. The number of alkyl halides is 17. The van der Waals surface area contributed by atoms with Crippen molar-refractivity contribution >= 4 is 22.9 Å². The van der Waals surface area contributed by atoms with Crippen molar-refractivity contribution in [2.45, 2.75) is 139 Å². The summed E-state index contributed by atoms with van der Waals surface area (Å²) in [6, 6.07) is -0.775. The summed E-state index contributed by atoms with van der Waals surface area (Å²) in [7, 11) is 0. The smallest absolute Gasteiger partial charge is 0.366 e. The maximum Gasteiger partial charge on any atom is 0.460 e. The van der Waals surface area contributed by atoms with Crippen LogP contribution in [0.2, 0.25) is 0 Å². The van der Waals surface area contributed by atoms with Crippen molar-refractivity contribution in [1.29, 1.82) is 0 Å². The lowest BCUT2D eigenvalue weighted by molar-refractivity contribution is -0.461. The van der Waals surface area contributed by atoms with E-state index in [2.05, 4.69) is 10.6 Å². The van der Waals surface area contributed by atoms with E-state index in [1.807, 2.05) is 6.92 Å². The van der Waals surface area contributed by atoms with Gasteiger partial charge in [-0.1, -0.05) is 45.9 Å². The van der Waals surface area contributed by atoms with Gasteiger partial charge in [-0.15, -0.1) is 0 Å². The van der Waals surface area contributed by atoms with E-state index in [0.717, 1.165) is 6.42 Å². The van der Waals surface area contributed by atoms with Gasteiger partial charge in [0.1, 0.15) is 5.60 Å². The Morgan fingerprint density at radius 3 is 1.65 bits per heavy atom. The zero-order chi connectivity index (χ0) is 41.4. The molecule has 1 saturated carbocycles. The average molecular weight is 819 g/mol. The molecule has 2 unspecified atom stereocenters. The number of rotatable bonds is 17. The van der Waals surface area contributed by atoms with E-state index in [-0.39, 0.29) is 31.1 Å². The number of carbonyl (C=O) groups excluding carboxylic acids is 2. The number of amides is 2. The molecule has 1 rings (SSSR count). The van der Waals surface area contributed by atoms with Gasteiger partial charge in [0.25, 0.3) is 11.1 Å². The van der Waals surface area contributed by atoms with Crippen LogP contribution in [-0.4, -0.2) is 89.3 Å². The summed E-state index contributed by atoms with van der Waals surface area (Å²) in [5.41, 5.74) is -2.46. The third-order valence-electron chi connectivity index (χ3n) is 8.39. The maximum atomic E-state index is 14.3. The van der Waals surface area contributed by atoms with E-state index < -0.39 is 93.4 Å². The van der Waals surface area contributed by atoms with Crippen LogP contribution in [0.3, 0.4) is 0 Å². The molecular weight excluding hydrogens is 779 g/mol. The molecule has 0 aromatic heterocycles. The number of carbonyl (C=O) groups is 2. The van der Waals surface area contributed by atoms with Gasteiger partial charge in [0.15, 0.2) is 0 Å². The van der Waals surface area contributed by atoms with Gasteiger partial charge in [-0.2, -0.15) is 74.6 Å². The summed E-state index contributed by atoms with van der Waals surface area (Å²) < 4.78 is 235. The van der Waals surface area contributed by atoms with Crippen LogP contribution in [0.5, 0.6) is 0 Å². The highest BCUT2D eigenvalue weighted by Gasteiger charge is 2.95. The third kappa shape index (κ3) is 9.46. The molecule has 52 heavy (non-hydrogen) atoms. The highest BCUT2D eigenvalue weighted by atomic mass is 32.2. The molecule has 23 heteroatoms. The van der Waals surface area contributed by atoms with Crippen LogP contribution in [0.1, 0.15) is 80.1 Å². The first kappa shape index (κ1) is 48.1. The quantitative estimate of drug-likeness (QED) is 0.113. The highest BCUT2D eigenvalue weighted by Crippen LogP contribution is 2.64. The number of nitrogens with one attached hydrogen (secondary N) is 2. The first-order valence-electron chi connectivity index (χ1n) is 15.4. The molecule has 0 spiro atoms. The van der Waals surface area contributed by atoms with Crippen molar-refractivity contribution in [1.82, 2.24) is 10.6 Å². The van der Waals surface area contributed by atoms with Crippen LogP contribution < -0.4 is 10.6 Å². The molecule has 2 N–H and O–H groups in total. The molecule has 0 aromatic rings. The highest BCUT2D eigenvalue weighted by molar-refractivity contribution is 8.13. The number of hydrogen-bond acceptors (Lipinski definition) is 4. The van der Waals surface area contributed by atoms with E-state index in [1.54, 1.807) is 34.6 Å². The molecular formula is C29H39F17N2O3S. The van der Waals surface area contributed by atoms with E-state index in [0.29, 0.717) is 19.4 Å². The summed E-state index contributed by atoms with van der Waals surface area (Å²) in [5.74, 6) is -59.0. The molecule has 1 aliphatic rings.